The van der Waals surface area contributed by atoms with Crippen LogP contribution in [0.2, 0.25) is 0 Å². The van der Waals surface area contributed by atoms with Crippen LogP contribution in [0, 0.1) is 5.82 Å². The van der Waals surface area contributed by atoms with Crippen LogP contribution in [0.3, 0.4) is 0 Å². The largest absolute Gasteiger partial charge is 0.411 e. The van der Waals surface area contributed by atoms with E-state index in [2.05, 4.69) is 10.1 Å². The number of anilines is 1. The minimum atomic E-state index is -0.215. The molecule has 2 aromatic rings. The zero-order valence-corrected chi connectivity index (χ0v) is 11.7. The Morgan fingerprint density at radius 2 is 2.00 bits per heavy atom. The molecule has 0 saturated carbocycles. The van der Waals surface area contributed by atoms with E-state index in [-0.39, 0.29) is 5.82 Å². The number of para-hydroxylation sites is 1. The van der Waals surface area contributed by atoms with E-state index in [9.17, 15) is 9.60 Å². The molecule has 0 aliphatic carbocycles. The van der Waals surface area contributed by atoms with Crippen molar-refractivity contribution in [1.82, 2.24) is 0 Å². The summed E-state index contributed by atoms with van der Waals surface area (Å²) >= 11 is 0. The second-order valence-corrected chi connectivity index (χ2v) is 5.22. The third-order valence-electron chi connectivity index (χ3n) is 3.78. The van der Waals surface area contributed by atoms with Crippen molar-refractivity contribution < 1.29 is 9.60 Å². The number of fused-ring (bicyclic) bond motifs is 1. The lowest BCUT2D eigenvalue weighted by atomic mass is 10.1. The van der Waals surface area contributed by atoms with Gasteiger partial charge in [0.05, 0.1) is 5.71 Å². The van der Waals surface area contributed by atoms with Crippen LogP contribution in [-0.2, 0) is 6.54 Å². The van der Waals surface area contributed by atoms with Crippen molar-refractivity contribution in [2.75, 3.05) is 11.4 Å². The molecule has 0 radical (unpaired) electrons. The standard InChI is InChI=1S/C17H17FN2O/c18-14-6-3-5-13(11-14)12-20-10-4-8-16(19-21)15-7-1-2-9-17(15)20/h1-3,5-7,9,11,21H,4,8,10,12H2/b19-16-. The van der Waals surface area contributed by atoms with E-state index < -0.39 is 0 Å². The van der Waals surface area contributed by atoms with Gasteiger partial charge in [-0.2, -0.15) is 0 Å². The molecule has 0 fully saturated rings. The van der Waals surface area contributed by atoms with E-state index >= 15 is 0 Å². The third kappa shape index (κ3) is 2.89. The minimum Gasteiger partial charge on any atom is -0.411 e. The van der Waals surface area contributed by atoms with Gasteiger partial charge in [-0.15, -0.1) is 0 Å². The van der Waals surface area contributed by atoms with Crippen LogP contribution in [0.25, 0.3) is 0 Å². The molecular weight excluding hydrogens is 267 g/mol. The molecule has 1 aliphatic heterocycles. The third-order valence-corrected chi connectivity index (χ3v) is 3.78. The van der Waals surface area contributed by atoms with Crippen LogP contribution in [0.5, 0.6) is 0 Å². The van der Waals surface area contributed by atoms with Gasteiger partial charge in [-0.05, 0) is 36.6 Å². The summed E-state index contributed by atoms with van der Waals surface area (Å²) in [5.74, 6) is -0.215. The first-order chi connectivity index (χ1) is 10.3. The smallest absolute Gasteiger partial charge is 0.123 e. The average Bonchev–Trinajstić information content (AvgIpc) is 2.67. The Morgan fingerprint density at radius 3 is 2.81 bits per heavy atom. The van der Waals surface area contributed by atoms with Crippen molar-refractivity contribution in [2.24, 2.45) is 5.16 Å². The molecule has 3 nitrogen and oxygen atoms in total. The van der Waals surface area contributed by atoms with Crippen molar-refractivity contribution in [3.05, 3.63) is 65.5 Å². The second-order valence-electron chi connectivity index (χ2n) is 5.22. The van der Waals surface area contributed by atoms with Gasteiger partial charge in [0, 0.05) is 24.3 Å². The summed E-state index contributed by atoms with van der Waals surface area (Å²) in [5.41, 5.74) is 3.64. The summed E-state index contributed by atoms with van der Waals surface area (Å²) in [6, 6.07) is 14.6. The predicted octanol–water partition coefficient (Wildman–Crippen LogP) is 3.80. The Labute approximate surface area is 123 Å². The van der Waals surface area contributed by atoms with Crippen molar-refractivity contribution in [1.29, 1.82) is 0 Å². The number of benzene rings is 2. The Bertz CT molecular complexity index is 669. The molecule has 1 heterocycles. The number of rotatable bonds is 2. The van der Waals surface area contributed by atoms with Gasteiger partial charge >= 0.3 is 0 Å². The van der Waals surface area contributed by atoms with Gasteiger partial charge in [-0.25, -0.2) is 4.39 Å². The summed E-state index contributed by atoms with van der Waals surface area (Å²) in [7, 11) is 0. The SMILES string of the molecule is O/N=C1/CCCN(Cc2cccc(F)c2)c2ccccc21. The number of halogens is 1. The van der Waals surface area contributed by atoms with Gasteiger partial charge in [-0.3, -0.25) is 0 Å². The molecule has 108 valence electrons. The van der Waals surface area contributed by atoms with Crippen LogP contribution in [-0.4, -0.2) is 17.5 Å². The van der Waals surface area contributed by atoms with Crippen LogP contribution in [0.15, 0.2) is 53.7 Å². The molecule has 0 bridgehead atoms. The summed E-state index contributed by atoms with van der Waals surface area (Å²) in [4.78, 5) is 2.21. The zero-order valence-electron chi connectivity index (χ0n) is 11.7. The van der Waals surface area contributed by atoms with Crippen molar-refractivity contribution in [3.8, 4) is 0 Å². The number of nitrogens with zero attached hydrogens (tertiary/aromatic N) is 2. The predicted molar refractivity (Wildman–Crippen MR) is 81.4 cm³/mol. The molecule has 0 atom stereocenters. The number of oxime groups is 1. The van der Waals surface area contributed by atoms with Gasteiger partial charge in [-0.1, -0.05) is 35.5 Å². The van der Waals surface area contributed by atoms with E-state index in [0.29, 0.717) is 12.3 Å². The maximum atomic E-state index is 13.3. The van der Waals surface area contributed by atoms with Crippen LogP contribution in [0.4, 0.5) is 10.1 Å². The molecule has 0 spiro atoms. The molecular formula is C17H17FN2O. The molecule has 2 aromatic carbocycles. The molecule has 3 rings (SSSR count). The molecule has 0 aromatic heterocycles. The van der Waals surface area contributed by atoms with E-state index in [1.807, 2.05) is 30.3 Å². The van der Waals surface area contributed by atoms with E-state index in [1.54, 1.807) is 12.1 Å². The Morgan fingerprint density at radius 1 is 1.14 bits per heavy atom. The normalized spacial score (nSPS) is 16.6. The lowest BCUT2D eigenvalue weighted by Gasteiger charge is -2.24. The van der Waals surface area contributed by atoms with Gasteiger partial charge in [0.25, 0.3) is 0 Å². The fourth-order valence-electron chi connectivity index (χ4n) is 2.81. The Hall–Kier alpha value is -2.36. The topological polar surface area (TPSA) is 35.8 Å². The maximum Gasteiger partial charge on any atom is 0.123 e. The highest BCUT2D eigenvalue weighted by atomic mass is 19.1. The van der Waals surface area contributed by atoms with E-state index in [0.717, 1.165) is 36.2 Å². The van der Waals surface area contributed by atoms with E-state index in [4.69, 9.17) is 0 Å². The molecule has 0 saturated heterocycles. The summed E-state index contributed by atoms with van der Waals surface area (Å²) in [6.07, 6.45) is 1.65. The van der Waals surface area contributed by atoms with Gasteiger partial charge in [0.2, 0.25) is 0 Å². The quantitative estimate of drug-likeness (QED) is 0.672. The molecule has 1 aliphatic rings. The van der Waals surface area contributed by atoms with Crippen molar-refractivity contribution in [3.63, 3.8) is 0 Å². The fraction of sp³-hybridized carbons (Fsp3) is 0.235. The van der Waals surface area contributed by atoms with Crippen LogP contribution < -0.4 is 4.90 Å². The van der Waals surface area contributed by atoms with E-state index in [1.165, 1.54) is 6.07 Å². The van der Waals surface area contributed by atoms with Gasteiger partial charge < -0.3 is 10.1 Å². The number of hydrogen-bond acceptors (Lipinski definition) is 3. The first-order valence-electron chi connectivity index (χ1n) is 7.07. The van der Waals surface area contributed by atoms with Crippen LogP contribution in [0.1, 0.15) is 24.0 Å². The lowest BCUT2D eigenvalue weighted by molar-refractivity contribution is 0.318. The summed E-state index contributed by atoms with van der Waals surface area (Å²) in [5, 5.41) is 12.6. The molecule has 0 unspecified atom stereocenters. The molecule has 0 amide bonds. The molecule has 1 N–H and O–H groups in total. The average molecular weight is 284 g/mol. The van der Waals surface area contributed by atoms with Crippen LogP contribution >= 0.6 is 0 Å². The highest BCUT2D eigenvalue weighted by molar-refractivity contribution is 6.05. The monoisotopic (exact) mass is 284 g/mol. The Balaban J connectivity index is 1.95. The van der Waals surface area contributed by atoms with Gasteiger partial charge in [0.1, 0.15) is 5.82 Å². The zero-order chi connectivity index (χ0) is 14.7. The first kappa shape index (κ1) is 13.6. The highest BCUT2D eigenvalue weighted by Crippen LogP contribution is 2.28. The second kappa shape index (κ2) is 5.95. The lowest BCUT2D eigenvalue weighted by Crippen LogP contribution is -2.23. The molecule has 4 heteroatoms. The minimum absolute atomic E-state index is 0.215. The fourth-order valence-corrected chi connectivity index (χ4v) is 2.81. The summed E-state index contributed by atoms with van der Waals surface area (Å²) < 4.78 is 13.3. The Kier molecular flexibility index (Phi) is 3.86. The molecule has 21 heavy (non-hydrogen) atoms. The first-order valence-corrected chi connectivity index (χ1v) is 7.07. The van der Waals surface area contributed by atoms with Gasteiger partial charge in [0.15, 0.2) is 0 Å². The maximum absolute atomic E-state index is 13.3. The highest BCUT2D eigenvalue weighted by Gasteiger charge is 2.19. The van der Waals surface area contributed by atoms with Crippen molar-refractivity contribution >= 4 is 11.4 Å². The number of hydrogen-bond donors (Lipinski definition) is 1. The summed E-state index contributed by atoms with van der Waals surface area (Å²) in [6.45, 7) is 1.50. The van der Waals surface area contributed by atoms with Crippen molar-refractivity contribution in [2.45, 2.75) is 19.4 Å².